The van der Waals surface area contributed by atoms with Crippen molar-refractivity contribution in [3.05, 3.63) is 0 Å². The van der Waals surface area contributed by atoms with Gasteiger partial charge in [-0.2, -0.15) is 0 Å². The van der Waals surface area contributed by atoms with Crippen molar-refractivity contribution in [3.8, 4) is 0 Å². The van der Waals surface area contributed by atoms with Gasteiger partial charge in [0.1, 0.15) is 0 Å². The molecule has 1 aliphatic rings. The van der Waals surface area contributed by atoms with E-state index in [0.29, 0.717) is 0 Å². The van der Waals surface area contributed by atoms with E-state index in [9.17, 15) is 0 Å². The summed E-state index contributed by atoms with van der Waals surface area (Å²) in [4.78, 5) is 2.58. The summed E-state index contributed by atoms with van der Waals surface area (Å²) < 4.78 is 0. The van der Waals surface area contributed by atoms with Crippen molar-refractivity contribution in [1.82, 2.24) is 4.90 Å². The number of hydrogen-bond donors (Lipinski definition) is 0. The Morgan fingerprint density at radius 2 is 1.82 bits per heavy atom. The van der Waals surface area contributed by atoms with Crippen LogP contribution in [0.5, 0.6) is 0 Å². The molecule has 1 aliphatic heterocycles. The molecule has 0 N–H and O–H groups in total. The topological polar surface area (TPSA) is 3.01 Å². The van der Waals surface area contributed by atoms with Gasteiger partial charge in [-0.25, -0.2) is 0 Å². The maximum Gasteiger partial charge on any atom is 0.0224 e. The van der Waals surface area contributed by atoms with Crippen LogP contribution in [-0.2, 0) is 0 Å². The lowest BCUT2D eigenvalue weighted by atomic mass is 10.1. The Labute approximate surface area is 70.8 Å². The summed E-state index contributed by atoms with van der Waals surface area (Å²) in [5, 5.41) is 0. The number of hydrogen-bond acceptors (Lipinski definition) is 1. The quantitative estimate of drug-likeness (QED) is 0.564. The van der Waals surface area contributed by atoms with Gasteiger partial charge in [-0.15, -0.1) is 0 Å². The van der Waals surface area contributed by atoms with Crippen molar-refractivity contribution in [3.63, 3.8) is 0 Å². The van der Waals surface area contributed by atoms with Gasteiger partial charge in [0.15, 0.2) is 0 Å². The first-order valence-corrected chi connectivity index (χ1v) is 4.92. The molecule has 1 rings (SSSR count). The van der Waals surface area contributed by atoms with Crippen molar-refractivity contribution in [2.24, 2.45) is 5.92 Å². The highest BCUT2D eigenvalue weighted by molar-refractivity contribution is 4.95. The molecule has 0 spiro atoms. The highest BCUT2D eigenvalue weighted by Crippen LogP contribution is 2.27. The predicted octanol–water partition coefficient (Wildman–Crippen LogP) is 2.52. The molecule has 66 valence electrons. The molecule has 0 aromatic heterocycles. The van der Waals surface area contributed by atoms with E-state index in [-0.39, 0.29) is 0 Å². The molecule has 0 saturated carbocycles. The molecule has 0 aromatic carbocycles. The molecule has 0 aliphatic carbocycles. The van der Waals surface area contributed by atoms with Gasteiger partial charge in [0.2, 0.25) is 0 Å². The van der Waals surface area contributed by atoms with Gasteiger partial charge in [-0.05, 0) is 32.7 Å². The highest BCUT2D eigenvalue weighted by Gasteiger charge is 2.38. The van der Waals surface area contributed by atoms with Gasteiger partial charge in [0, 0.05) is 12.1 Å². The van der Waals surface area contributed by atoms with Gasteiger partial charge in [0.05, 0.1) is 0 Å². The Morgan fingerprint density at radius 3 is 2.18 bits per heavy atom. The minimum atomic E-state index is 0.860. The van der Waals surface area contributed by atoms with Gasteiger partial charge >= 0.3 is 0 Å². The van der Waals surface area contributed by atoms with Crippen LogP contribution in [0.4, 0.5) is 0 Å². The van der Waals surface area contributed by atoms with E-state index in [1.165, 1.54) is 19.4 Å². The van der Waals surface area contributed by atoms with Crippen molar-refractivity contribution in [2.45, 2.75) is 52.6 Å². The molecule has 3 atom stereocenters. The summed E-state index contributed by atoms with van der Waals surface area (Å²) in [6.07, 6.45) is 2.71. The molecule has 1 fully saturated rings. The second kappa shape index (κ2) is 3.57. The van der Waals surface area contributed by atoms with Crippen molar-refractivity contribution in [2.75, 3.05) is 6.54 Å². The summed E-state index contributed by atoms with van der Waals surface area (Å²) in [5.74, 6) is 0.912. The Morgan fingerprint density at radius 1 is 1.27 bits per heavy atom. The van der Waals surface area contributed by atoms with Crippen molar-refractivity contribution in [1.29, 1.82) is 0 Å². The summed E-state index contributed by atoms with van der Waals surface area (Å²) in [5.41, 5.74) is 0. The largest absolute Gasteiger partial charge is 0.295 e. The van der Waals surface area contributed by atoms with Crippen molar-refractivity contribution < 1.29 is 0 Å². The fourth-order valence-electron chi connectivity index (χ4n) is 1.56. The number of nitrogens with zero attached hydrogens (tertiary/aromatic N) is 1. The first-order chi connectivity index (χ1) is 5.16. The third-order valence-electron chi connectivity index (χ3n) is 3.23. The van der Waals surface area contributed by atoms with Crippen LogP contribution in [0.15, 0.2) is 0 Å². The predicted molar refractivity (Wildman–Crippen MR) is 49.7 cm³/mol. The fraction of sp³-hybridized carbons (Fsp3) is 1.00. The average Bonchev–Trinajstić information content (AvgIpc) is 2.56. The second-order valence-electron chi connectivity index (χ2n) is 4.02. The molecule has 0 aromatic rings. The zero-order chi connectivity index (χ0) is 8.43. The lowest BCUT2D eigenvalue weighted by molar-refractivity contribution is 0.407. The summed E-state index contributed by atoms with van der Waals surface area (Å²) >= 11 is 0. The molecule has 0 bridgehead atoms. The molecule has 3 unspecified atom stereocenters. The fourth-order valence-corrected chi connectivity index (χ4v) is 1.56. The smallest absolute Gasteiger partial charge is 0.0224 e. The first kappa shape index (κ1) is 9.05. The Kier molecular flexibility index (Phi) is 2.94. The molecule has 1 heteroatoms. The Hall–Kier alpha value is -0.0400. The minimum absolute atomic E-state index is 0.860. The molecular formula is C10H21N. The van der Waals surface area contributed by atoms with E-state index in [2.05, 4.69) is 32.6 Å². The third-order valence-corrected chi connectivity index (χ3v) is 3.23. The van der Waals surface area contributed by atoms with Gasteiger partial charge < -0.3 is 0 Å². The zero-order valence-corrected chi connectivity index (χ0v) is 8.30. The molecule has 0 amide bonds. The van der Waals surface area contributed by atoms with Crippen molar-refractivity contribution >= 4 is 0 Å². The molecule has 1 heterocycles. The van der Waals surface area contributed by atoms with E-state index in [1.54, 1.807) is 0 Å². The van der Waals surface area contributed by atoms with Crippen LogP contribution in [0.2, 0.25) is 0 Å². The molecule has 0 radical (unpaired) electrons. The van der Waals surface area contributed by atoms with Crippen LogP contribution in [0.1, 0.15) is 40.5 Å². The Bertz CT molecular complexity index is 114. The van der Waals surface area contributed by atoms with Crippen LogP contribution in [0.3, 0.4) is 0 Å². The van der Waals surface area contributed by atoms with Gasteiger partial charge in [0.25, 0.3) is 0 Å². The molecule has 11 heavy (non-hydrogen) atoms. The van der Waals surface area contributed by atoms with Gasteiger partial charge in [-0.3, -0.25) is 4.90 Å². The summed E-state index contributed by atoms with van der Waals surface area (Å²) in [6, 6.07) is 1.72. The molecular weight excluding hydrogens is 134 g/mol. The lowest BCUT2D eigenvalue weighted by Gasteiger charge is -2.08. The Balaban J connectivity index is 2.05. The SMILES string of the molecule is CCC(C)CCN1C(C)C1C. The molecule has 1 saturated heterocycles. The summed E-state index contributed by atoms with van der Waals surface area (Å²) in [7, 11) is 0. The van der Waals surface area contributed by atoms with Gasteiger partial charge in [-0.1, -0.05) is 20.3 Å². The van der Waals surface area contributed by atoms with E-state index in [0.717, 1.165) is 18.0 Å². The monoisotopic (exact) mass is 155 g/mol. The van der Waals surface area contributed by atoms with Crippen LogP contribution >= 0.6 is 0 Å². The number of rotatable bonds is 4. The van der Waals surface area contributed by atoms with Crippen LogP contribution in [0, 0.1) is 5.92 Å². The average molecular weight is 155 g/mol. The first-order valence-electron chi connectivity index (χ1n) is 4.92. The normalized spacial score (nSPS) is 38.7. The third kappa shape index (κ3) is 2.19. The van der Waals surface area contributed by atoms with E-state index < -0.39 is 0 Å². The second-order valence-corrected chi connectivity index (χ2v) is 4.02. The van der Waals surface area contributed by atoms with E-state index >= 15 is 0 Å². The lowest BCUT2D eigenvalue weighted by Crippen LogP contribution is -2.07. The van der Waals surface area contributed by atoms with Crippen LogP contribution in [-0.4, -0.2) is 23.5 Å². The maximum absolute atomic E-state index is 2.58. The highest BCUT2D eigenvalue weighted by atomic mass is 15.3. The minimum Gasteiger partial charge on any atom is -0.295 e. The van der Waals surface area contributed by atoms with E-state index in [4.69, 9.17) is 0 Å². The zero-order valence-electron chi connectivity index (χ0n) is 8.30. The van der Waals surface area contributed by atoms with Crippen LogP contribution < -0.4 is 0 Å². The summed E-state index contributed by atoms with van der Waals surface area (Å²) in [6.45, 7) is 10.6. The maximum atomic E-state index is 2.58. The van der Waals surface area contributed by atoms with E-state index in [1.807, 2.05) is 0 Å². The molecule has 1 nitrogen and oxygen atoms in total. The standard InChI is InChI=1S/C10H21N/c1-5-8(2)6-7-11-9(3)10(11)4/h8-10H,5-7H2,1-4H3. The van der Waals surface area contributed by atoms with Crippen LogP contribution in [0.25, 0.3) is 0 Å².